The Kier molecular flexibility index (Phi) is 5.97. The van der Waals surface area contributed by atoms with Gasteiger partial charge in [0.25, 0.3) is 0 Å². The third kappa shape index (κ3) is 5.50. The van der Waals surface area contributed by atoms with Gasteiger partial charge in [-0.2, -0.15) is 0 Å². The summed E-state index contributed by atoms with van der Waals surface area (Å²) in [6.07, 6.45) is 0. The van der Waals surface area contributed by atoms with Crippen molar-refractivity contribution < 1.29 is 4.39 Å². The summed E-state index contributed by atoms with van der Waals surface area (Å²) in [7, 11) is 0. The first-order valence-electron chi connectivity index (χ1n) is 5.46. The standard InChI is InChI=1S/C6H5F.C6H14N2/c7-6-4-2-1-3-5-6;1-2-8-5-3-7-4-6-8/h1-5H;7H,2-6H2,1H3. The maximum atomic E-state index is 11.9. The number of hydrogen-bond acceptors (Lipinski definition) is 2. The Balaban J connectivity index is 0.000000151. The average molecular weight is 210 g/mol. The highest BCUT2D eigenvalue weighted by Crippen LogP contribution is 1.91. The van der Waals surface area contributed by atoms with Crippen molar-refractivity contribution in [3.05, 3.63) is 36.1 Å². The SMILES string of the molecule is CCN1CCNCC1.Fc1ccccc1. The highest BCUT2D eigenvalue weighted by molar-refractivity contribution is 5.02. The van der Waals surface area contributed by atoms with E-state index >= 15 is 0 Å². The lowest BCUT2D eigenvalue weighted by Gasteiger charge is -2.25. The third-order valence-corrected chi connectivity index (χ3v) is 2.39. The lowest BCUT2D eigenvalue weighted by Crippen LogP contribution is -2.43. The Labute approximate surface area is 91.1 Å². The van der Waals surface area contributed by atoms with Gasteiger partial charge in [0.1, 0.15) is 5.82 Å². The van der Waals surface area contributed by atoms with E-state index in [1.165, 1.54) is 44.9 Å². The molecule has 1 aliphatic rings. The smallest absolute Gasteiger partial charge is 0.123 e. The van der Waals surface area contributed by atoms with E-state index in [1.807, 2.05) is 0 Å². The van der Waals surface area contributed by atoms with Crippen molar-refractivity contribution >= 4 is 0 Å². The van der Waals surface area contributed by atoms with Crippen molar-refractivity contribution in [3.63, 3.8) is 0 Å². The molecule has 3 heteroatoms. The van der Waals surface area contributed by atoms with E-state index in [-0.39, 0.29) is 5.82 Å². The lowest BCUT2D eigenvalue weighted by atomic mass is 10.4. The first-order chi connectivity index (χ1) is 7.33. The molecule has 0 aliphatic carbocycles. The minimum Gasteiger partial charge on any atom is -0.314 e. The zero-order chi connectivity index (χ0) is 10.9. The van der Waals surface area contributed by atoms with Crippen LogP contribution in [0.25, 0.3) is 0 Å². The quantitative estimate of drug-likeness (QED) is 0.759. The number of halogens is 1. The van der Waals surface area contributed by atoms with Gasteiger partial charge in [0.15, 0.2) is 0 Å². The highest BCUT2D eigenvalue weighted by Gasteiger charge is 2.04. The Morgan fingerprint density at radius 2 is 1.80 bits per heavy atom. The van der Waals surface area contributed by atoms with Gasteiger partial charge in [-0.05, 0) is 18.7 Å². The van der Waals surface area contributed by atoms with Crippen molar-refractivity contribution in [2.24, 2.45) is 0 Å². The second-order valence-corrected chi connectivity index (χ2v) is 3.48. The normalized spacial score (nSPS) is 16.7. The van der Waals surface area contributed by atoms with Crippen LogP contribution >= 0.6 is 0 Å². The second-order valence-electron chi connectivity index (χ2n) is 3.48. The van der Waals surface area contributed by atoms with E-state index in [2.05, 4.69) is 17.1 Å². The van der Waals surface area contributed by atoms with E-state index in [4.69, 9.17) is 0 Å². The van der Waals surface area contributed by atoms with Gasteiger partial charge in [-0.15, -0.1) is 0 Å². The van der Waals surface area contributed by atoms with Gasteiger partial charge in [-0.1, -0.05) is 25.1 Å². The molecule has 2 rings (SSSR count). The van der Waals surface area contributed by atoms with Crippen LogP contribution < -0.4 is 5.32 Å². The molecule has 0 aromatic heterocycles. The summed E-state index contributed by atoms with van der Waals surface area (Å²) in [5.41, 5.74) is 0. The Morgan fingerprint density at radius 1 is 1.20 bits per heavy atom. The van der Waals surface area contributed by atoms with Crippen LogP contribution in [-0.4, -0.2) is 37.6 Å². The van der Waals surface area contributed by atoms with Crippen LogP contribution in [0.15, 0.2) is 30.3 Å². The fourth-order valence-corrected chi connectivity index (χ4v) is 1.44. The van der Waals surface area contributed by atoms with Gasteiger partial charge in [0, 0.05) is 26.2 Å². The maximum Gasteiger partial charge on any atom is 0.123 e. The van der Waals surface area contributed by atoms with Gasteiger partial charge in [-0.3, -0.25) is 0 Å². The van der Waals surface area contributed by atoms with Crippen LogP contribution in [-0.2, 0) is 0 Å². The predicted molar refractivity (Wildman–Crippen MR) is 61.4 cm³/mol. The maximum absolute atomic E-state index is 11.9. The van der Waals surface area contributed by atoms with Crippen molar-refractivity contribution in [2.75, 3.05) is 32.7 Å². The summed E-state index contributed by atoms with van der Waals surface area (Å²) in [5.74, 6) is -0.178. The molecule has 0 bridgehead atoms. The largest absolute Gasteiger partial charge is 0.314 e. The molecule has 15 heavy (non-hydrogen) atoms. The molecule has 0 unspecified atom stereocenters. The summed E-state index contributed by atoms with van der Waals surface area (Å²) in [5, 5.41) is 3.31. The molecule has 1 aromatic rings. The van der Waals surface area contributed by atoms with E-state index in [0.29, 0.717) is 0 Å². The van der Waals surface area contributed by atoms with E-state index < -0.39 is 0 Å². The molecule has 1 aromatic carbocycles. The first kappa shape index (κ1) is 12.1. The van der Waals surface area contributed by atoms with Crippen molar-refractivity contribution in [3.8, 4) is 0 Å². The van der Waals surface area contributed by atoms with Gasteiger partial charge < -0.3 is 10.2 Å². The molecule has 0 amide bonds. The molecule has 0 atom stereocenters. The number of likely N-dealkylation sites (N-methyl/N-ethyl adjacent to an activating group) is 1. The first-order valence-corrected chi connectivity index (χ1v) is 5.46. The molecule has 0 saturated carbocycles. The fourth-order valence-electron chi connectivity index (χ4n) is 1.44. The number of rotatable bonds is 1. The molecule has 1 fully saturated rings. The summed E-state index contributed by atoms with van der Waals surface area (Å²) in [6.45, 7) is 8.24. The molecule has 1 aliphatic heterocycles. The average Bonchev–Trinajstić information content (AvgIpc) is 2.32. The molecular formula is C12H19FN2. The Hall–Kier alpha value is -0.930. The predicted octanol–water partition coefficient (Wildman–Crippen LogP) is 1.74. The van der Waals surface area contributed by atoms with E-state index in [1.54, 1.807) is 18.2 Å². The summed E-state index contributed by atoms with van der Waals surface area (Å²) in [4.78, 5) is 2.45. The lowest BCUT2D eigenvalue weighted by molar-refractivity contribution is 0.253. The number of nitrogens with one attached hydrogen (secondary N) is 1. The third-order valence-electron chi connectivity index (χ3n) is 2.39. The van der Waals surface area contributed by atoms with E-state index in [9.17, 15) is 4.39 Å². The van der Waals surface area contributed by atoms with Crippen LogP contribution in [0.4, 0.5) is 4.39 Å². The number of nitrogens with zero attached hydrogens (tertiary/aromatic N) is 1. The number of piperazine rings is 1. The van der Waals surface area contributed by atoms with Gasteiger partial charge in [0.05, 0.1) is 0 Å². The van der Waals surface area contributed by atoms with Crippen LogP contribution in [0, 0.1) is 5.82 Å². The molecule has 2 nitrogen and oxygen atoms in total. The summed E-state index contributed by atoms with van der Waals surface area (Å²) >= 11 is 0. The molecular weight excluding hydrogens is 191 g/mol. The fraction of sp³-hybridized carbons (Fsp3) is 0.500. The van der Waals surface area contributed by atoms with Crippen molar-refractivity contribution in [1.29, 1.82) is 0 Å². The van der Waals surface area contributed by atoms with Crippen molar-refractivity contribution in [1.82, 2.24) is 10.2 Å². The molecule has 1 N–H and O–H groups in total. The van der Waals surface area contributed by atoms with E-state index in [0.717, 1.165) is 0 Å². The zero-order valence-corrected chi connectivity index (χ0v) is 9.25. The summed E-state index contributed by atoms with van der Waals surface area (Å²) in [6, 6.07) is 7.94. The van der Waals surface area contributed by atoms with Crippen LogP contribution in [0.5, 0.6) is 0 Å². The van der Waals surface area contributed by atoms with Gasteiger partial charge >= 0.3 is 0 Å². The molecule has 0 spiro atoms. The molecule has 0 radical (unpaired) electrons. The topological polar surface area (TPSA) is 15.3 Å². The minimum atomic E-state index is -0.178. The Morgan fingerprint density at radius 3 is 2.13 bits per heavy atom. The molecule has 84 valence electrons. The summed E-state index contributed by atoms with van der Waals surface area (Å²) < 4.78 is 11.9. The minimum absolute atomic E-state index is 0.178. The van der Waals surface area contributed by atoms with Gasteiger partial charge in [0.2, 0.25) is 0 Å². The molecule has 1 heterocycles. The second kappa shape index (κ2) is 7.37. The van der Waals surface area contributed by atoms with Crippen LogP contribution in [0.2, 0.25) is 0 Å². The van der Waals surface area contributed by atoms with Crippen LogP contribution in [0.1, 0.15) is 6.92 Å². The van der Waals surface area contributed by atoms with Gasteiger partial charge in [-0.25, -0.2) is 4.39 Å². The highest BCUT2D eigenvalue weighted by atomic mass is 19.1. The van der Waals surface area contributed by atoms with Crippen molar-refractivity contribution in [2.45, 2.75) is 6.92 Å². The number of hydrogen-bond donors (Lipinski definition) is 1. The zero-order valence-electron chi connectivity index (χ0n) is 9.25. The monoisotopic (exact) mass is 210 g/mol. The Bertz CT molecular complexity index is 245. The molecule has 1 saturated heterocycles. The van der Waals surface area contributed by atoms with Crippen LogP contribution in [0.3, 0.4) is 0 Å². The number of benzene rings is 1.